The third-order valence-electron chi connectivity index (χ3n) is 1.77. The van der Waals surface area contributed by atoms with Gasteiger partial charge in [-0.25, -0.2) is 9.59 Å². The molecular weight excluding hydrogens is 200 g/mol. The highest BCUT2D eigenvalue weighted by Crippen LogP contribution is 1.98. The standard InChI is InChI=1S/C9H12N2O4/c1-2-15-8(13)4-3-5-11-7(12)6-10-9(11)14/h3-4H,2,5-6H2,1H3,(H,10,14)/b4-3+. The molecule has 6 nitrogen and oxygen atoms in total. The lowest BCUT2D eigenvalue weighted by atomic mass is 10.4. The van der Waals surface area contributed by atoms with Crippen LogP contribution in [0.3, 0.4) is 0 Å². The van der Waals surface area contributed by atoms with E-state index in [1.165, 1.54) is 12.2 Å². The van der Waals surface area contributed by atoms with E-state index in [9.17, 15) is 14.4 Å². The zero-order chi connectivity index (χ0) is 11.3. The minimum absolute atomic E-state index is 0.0199. The van der Waals surface area contributed by atoms with Gasteiger partial charge < -0.3 is 10.1 Å². The SMILES string of the molecule is CCOC(=O)/C=C/CN1C(=O)CNC1=O. The van der Waals surface area contributed by atoms with Crippen LogP contribution in [0.5, 0.6) is 0 Å². The van der Waals surface area contributed by atoms with E-state index in [1.54, 1.807) is 6.92 Å². The number of urea groups is 1. The van der Waals surface area contributed by atoms with Crippen LogP contribution in [0.2, 0.25) is 0 Å². The number of hydrogen-bond acceptors (Lipinski definition) is 4. The van der Waals surface area contributed by atoms with E-state index in [-0.39, 0.29) is 19.0 Å². The van der Waals surface area contributed by atoms with Crippen LogP contribution in [0.4, 0.5) is 4.79 Å². The van der Waals surface area contributed by atoms with Gasteiger partial charge in [0, 0.05) is 12.6 Å². The second-order valence-corrected chi connectivity index (χ2v) is 2.82. The summed E-state index contributed by atoms with van der Waals surface area (Å²) in [6.45, 7) is 2.10. The fourth-order valence-electron chi connectivity index (χ4n) is 1.08. The van der Waals surface area contributed by atoms with E-state index >= 15 is 0 Å². The summed E-state index contributed by atoms with van der Waals surface area (Å²) in [5.74, 6) is -0.780. The third-order valence-corrected chi connectivity index (χ3v) is 1.77. The molecule has 6 heteroatoms. The van der Waals surface area contributed by atoms with Crippen LogP contribution < -0.4 is 5.32 Å². The maximum Gasteiger partial charge on any atom is 0.330 e. The molecule has 3 amide bonds. The maximum atomic E-state index is 11.1. The summed E-state index contributed by atoms with van der Waals surface area (Å²) in [6, 6.07) is -0.437. The average Bonchev–Trinajstić information content (AvgIpc) is 2.49. The van der Waals surface area contributed by atoms with Gasteiger partial charge in [0.2, 0.25) is 5.91 Å². The smallest absolute Gasteiger partial charge is 0.330 e. The summed E-state index contributed by atoms with van der Waals surface area (Å²) in [5, 5.41) is 2.37. The van der Waals surface area contributed by atoms with Gasteiger partial charge >= 0.3 is 12.0 Å². The van der Waals surface area contributed by atoms with Gasteiger partial charge in [-0.2, -0.15) is 0 Å². The fraction of sp³-hybridized carbons (Fsp3) is 0.444. The molecular formula is C9H12N2O4. The number of carbonyl (C=O) groups excluding carboxylic acids is 3. The predicted molar refractivity (Wildman–Crippen MR) is 50.9 cm³/mol. The van der Waals surface area contributed by atoms with Crippen LogP contribution in [0, 0.1) is 0 Å². The van der Waals surface area contributed by atoms with Crippen molar-refractivity contribution in [2.45, 2.75) is 6.92 Å². The van der Waals surface area contributed by atoms with Crippen molar-refractivity contribution in [3.63, 3.8) is 0 Å². The molecule has 1 heterocycles. The number of nitrogens with zero attached hydrogens (tertiary/aromatic N) is 1. The second kappa shape index (κ2) is 5.14. The molecule has 0 bridgehead atoms. The topological polar surface area (TPSA) is 75.7 Å². The molecule has 1 fully saturated rings. The summed E-state index contributed by atoms with van der Waals surface area (Å²) >= 11 is 0. The first-order chi connectivity index (χ1) is 7.15. The van der Waals surface area contributed by atoms with Crippen molar-refractivity contribution >= 4 is 17.9 Å². The van der Waals surface area contributed by atoms with Crippen molar-refractivity contribution in [3.05, 3.63) is 12.2 Å². The zero-order valence-corrected chi connectivity index (χ0v) is 8.36. The fourth-order valence-corrected chi connectivity index (χ4v) is 1.08. The Morgan fingerprint density at radius 2 is 2.33 bits per heavy atom. The molecule has 0 aliphatic carbocycles. The van der Waals surface area contributed by atoms with Gasteiger partial charge in [-0.1, -0.05) is 6.08 Å². The molecule has 0 spiro atoms. The Balaban J connectivity index is 2.39. The maximum absolute atomic E-state index is 11.1. The van der Waals surface area contributed by atoms with Crippen LogP contribution in [0.1, 0.15) is 6.92 Å². The molecule has 1 rings (SSSR count). The van der Waals surface area contributed by atoms with E-state index in [2.05, 4.69) is 10.1 Å². The van der Waals surface area contributed by atoms with Crippen LogP contribution in [-0.4, -0.2) is 42.5 Å². The number of rotatable bonds is 4. The molecule has 0 saturated carbocycles. The molecule has 0 aromatic carbocycles. The van der Waals surface area contributed by atoms with E-state index in [0.29, 0.717) is 6.61 Å². The Morgan fingerprint density at radius 1 is 1.60 bits per heavy atom. The zero-order valence-electron chi connectivity index (χ0n) is 8.36. The Kier molecular flexibility index (Phi) is 3.84. The Bertz CT molecular complexity index is 295. The summed E-state index contributed by atoms with van der Waals surface area (Å²) < 4.78 is 4.63. The third kappa shape index (κ3) is 3.08. The van der Waals surface area contributed by atoms with Crippen LogP contribution >= 0.6 is 0 Å². The summed E-state index contributed by atoms with van der Waals surface area (Å²) in [4.78, 5) is 34.0. The van der Waals surface area contributed by atoms with E-state index in [0.717, 1.165) is 4.90 Å². The van der Waals surface area contributed by atoms with Crippen molar-refractivity contribution < 1.29 is 19.1 Å². The lowest BCUT2D eigenvalue weighted by Gasteiger charge is -2.07. The number of imide groups is 1. The van der Waals surface area contributed by atoms with Crippen molar-refractivity contribution in [3.8, 4) is 0 Å². The molecule has 82 valence electrons. The van der Waals surface area contributed by atoms with E-state index < -0.39 is 12.0 Å². The van der Waals surface area contributed by atoms with Gasteiger partial charge in [-0.05, 0) is 6.92 Å². The summed E-state index contributed by atoms with van der Waals surface area (Å²) in [7, 11) is 0. The van der Waals surface area contributed by atoms with Gasteiger partial charge in [0.1, 0.15) is 0 Å². The molecule has 0 atom stereocenters. The summed E-state index contributed by atoms with van der Waals surface area (Å²) in [5.41, 5.74) is 0. The number of amides is 3. The van der Waals surface area contributed by atoms with Gasteiger partial charge in [-0.15, -0.1) is 0 Å². The Hall–Kier alpha value is -1.85. The van der Waals surface area contributed by atoms with Gasteiger partial charge in [-0.3, -0.25) is 9.69 Å². The highest BCUT2D eigenvalue weighted by atomic mass is 16.5. The van der Waals surface area contributed by atoms with Crippen LogP contribution in [0.15, 0.2) is 12.2 Å². The van der Waals surface area contributed by atoms with Gasteiger partial charge in [0.15, 0.2) is 0 Å². The minimum atomic E-state index is -0.482. The van der Waals surface area contributed by atoms with Crippen molar-refractivity contribution in [1.29, 1.82) is 0 Å². The normalized spacial score (nSPS) is 15.9. The number of hydrogen-bond donors (Lipinski definition) is 1. The van der Waals surface area contributed by atoms with Crippen LogP contribution in [-0.2, 0) is 14.3 Å². The highest BCUT2D eigenvalue weighted by molar-refractivity contribution is 6.02. The molecule has 0 radical (unpaired) electrons. The quantitative estimate of drug-likeness (QED) is 0.393. The highest BCUT2D eigenvalue weighted by Gasteiger charge is 2.26. The van der Waals surface area contributed by atoms with Crippen molar-refractivity contribution in [2.24, 2.45) is 0 Å². The lowest BCUT2D eigenvalue weighted by molar-refractivity contribution is -0.137. The monoisotopic (exact) mass is 212 g/mol. The molecule has 1 aliphatic heterocycles. The first kappa shape index (κ1) is 11.2. The number of ether oxygens (including phenoxy) is 1. The molecule has 1 aliphatic rings. The second-order valence-electron chi connectivity index (χ2n) is 2.82. The van der Waals surface area contributed by atoms with E-state index in [1.807, 2.05) is 0 Å². The van der Waals surface area contributed by atoms with Crippen molar-refractivity contribution in [2.75, 3.05) is 19.7 Å². The lowest BCUT2D eigenvalue weighted by Crippen LogP contribution is -2.31. The Morgan fingerprint density at radius 3 is 2.87 bits per heavy atom. The summed E-state index contributed by atoms with van der Waals surface area (Å²) in [6.07, 6.45) is 2.61. The number of esters is 1. The van der Waals surface area contributed by atoms with Crippen LogP contribution in [0.25, 0.3) is 0 Å². The first-order valence-corrected chi connectivity index (χ1v) is 4.56. The number of carbonyl (C=O) groups is 3. The van der Waals surface area contributed by atoms with Crippen molar-refractivity contribution in [1.82, 2.24) is 10.2 Å². The molecule has 0 aromatic rings. The molecule has 1 saturated heterocycles. The predicted octanol–water partition coefficient (Wildman–Crippen LogP) is -0.342. The van der Waals surface area contributed by atoms with Gasteiger partial charge in [0.25, 0.3) is 0 Å². The Labute approximate surface area is 86.9 Å². The van der Waals surface area contributed by atoms with Gasteiger partial charge in [0.05, 0.1) is 13.2 Å². The number of nitrogens with one attached hydrogen (secondary N) is 1. The first-order valence-electron chi connectivity index (χ1n) is 4.56. The molecule has 1 N–H and O–H groups in total. The minimum Gasteiger partial charge on any atom is -0.463 e. The molecule has 0 aromatic heterocycles. The molecule has 15 heavy (non-hydrogen) atoms. The van der Waals surface area contributed by atoms with E-state index in [4.69, 9.17) is 0 Å². The molecule has 0 unspecified atom stereocenters. The largest absolute Gasteiger partial charge is 0.463 e. The average molecular weight is 212 g/mol.